The van der Waals surface area contributed by atoms with Gasteiger partial charge < -0.3 is 45.7 Å². The first kappa shape index (κ1) is 58.3. The van der Waals surface area contributed by atoms with Crippen molar-refractivity contribution < 1.29 is 50.8 Å². The van der Waals surface area contributed by atoms with Crippen LogP contribution in [0.2, 0.25) is 0 Å². The summed E-state index contributed by atoms with van der Waals surface area (Å²) < 4.78 is 48.3. The number of nitrogens with zero attached hydrogens (tertiary/aromatic N) is 1. The van der Waals surface area contributed by atoms with Crippen molar-refractivity contribution in [3.05, 3.63) is 0 Å². The second-order valence-electron chi connectivity index (χ2n) is 17.6. The average Bonchev–Trinajstić information content (AvgIpc) is 3.15. The van der Waals surface area contributed by atoms with Crippen LogP contribution in [0.15, 0.2) is 0 Å². The van der Waals surface area contributed by atoms with E-state index in [2.05, 4.69) is 46.5 Å². The van der Waals surface area contributed by atoms with Gasteiger partial charge in [-0.25, -0.2) is 0 Å². The number of unbranched alkanes of at least 4 members (excludes halogenated alkanes) is 1. The van der Waals surface area contributed by atoms with Gasteiger partial charge in [0, 0.05) is 73.5 Å². The smallest absolute Gasteiger partial charge is 0.265 e. The lowest BCUT2D eigenvalue weighted by Gasteiger charge is -2.41. The van der Waals surface area contributed by atoms with Crippen LogP contribution in [0.25, 0.3) is 0 Å². The van der Waals surface area contributed by atoms with Gasteiger partial charge in [-0.3, -0.25) is 23.7 Å². The maximum absolute atomic E-state index is 14.2. The molecule has 0 aromatic carbocycles. The van der Waals surface area contributed by atoms with Crippen LogP contribution in [0.4, 0.5) is 0 Å². The molecule has 16 nitrogen and oxygen atoms in total. The summed E-state index contributed by atoms with van der Waals surface area (Å²) in [5.41, 5.74) is 2.33. The fourth-order valence-electron chi connectivity index (χ4n) is 7.09. The van der Waals surface area contributed by atoms with Crippen molar-refractivity contribution >= 4 is 59.0 Å². The molecule has 0 heterocycles. The summed E-state index contributed by atoms with van der Waals surface area (Å²) in [5, 5.41) is 12.3. The highest BCUT2D eigenvalue weighted by molar-refractivity contribution is 7.85. The molecule has 3 atom stereocenters. The van der Waals surface area contributed by atoms with Gasteiger partial charge in [0.1, 0.15) is 0 Å². The Bertz CT molecular complexity index is 1340. The summed E-state index contributed by atoms with van der Waals surface area (Å²) in [6.07, 6.45) is 6.30. The van der Waals surface area contributed by atoms with Crippen LogP contribution in [0.5, 0.6) is 0 Å². The summed E-state index contributed by atoms with van der Waals surface area (Å²) in [4.78, 5) is 53.9. The van der Waals surface area contributed by atoms with Crippen LogP contribution in [0.1, 0.15) is 105 Å². The third kappa shape index (κ3) is 28.1. The van der Waals surface area contributed by atoms with Crippen molar-refractivity contribution in [1.29, 1.82) is 0 Å². The molecule has 0 aromatic heterocycles. The van der Waals surface area contributed by atoms with Crippen LogP contribution in [-0.2, 0) is 43.5 Å². The Kier molecular flexibility index (Phi) is 30.3. The highest BCUT2D eigenvalue weighted by Gasteiger charge is 2.47. The second kappa shape index (κ2) is 31.2. The molecule has 0 saturated heterocycles. The second-order valence-corrected chi connectivity index (χ2v) is 20.3. The average molecular weight is 916 g/mol. The van der Waals surface area contributed by atoms with Gasteiger partial charge >= 0.3 is 0 Å². The van der Waals surface area contributed by atoms with E-state index < -0.39 is 26.4 Å². The minimum Gasteiger partial charge on any atom is -0.378 e. The van der Waals surface area contributed by atoms with Gasteiger partial charge in [-0.15, -0.1) is 0 Å². The quantitative estimate of drug-likeness (QED) is 0.0195. The first-order valence-corrected chi connectivity index (χ1v) is 24.4. The van der Waals surface area contributed by atoms with Gasteiger partial charge in [-0.2, -0.15) is 33.7 Å². The zero-order valence-electron chi connectivity index (χ0n) is 37.9. The largest absolute Gasteiger partial charge is 0.378 e. The molecule has 0 aliphatic rings. The Morgan fingerprint density at radius 2 is 1.23 bits per heavy atom. The van der Waals surface area contributed by atoms with E-state index in [-0.39, 0.29) is 55.4 Å². The number of carbonyl (C=O) groups is 4. The molecule has 0 aliphatic carbocycles. The predicted molar refractivity (Wildman–Crippen MR) is 245 cm³/mol. The maximum Gasteiger partial charge on any atom is 0.265 e. The summed E-state index contributed by atoms with van der Waals surface area (Å²) in [7, 11) is -0.114. The number of rotatable bonds is 38. The summed E-state index contributed by atoms with van der Waals surface area (Å²) in [5.74, 6) is -0.241. The summed E-state index contributed by atoms with van der Waals surface area (Å²) >= 11 is 8.77. The molecule has 0 radical (unpaired) electrons. The van der Waals surface area contributed by atoms with Crippen molar-refractivity contribution in [3.8, 4) is 0 Å². The first-order valence-electron chi connectivity index (χ1n) is 21.7. The van der Waals surface area contributed by atoms with E-state index in [1.54, 1.807) is 13.8 Å². The summed E-state index contributed by atoms with van der Waals surface area (Å²) in [6.45, 7) is 14.6. The van der Waals surface area contributed by atoms with Crippen molar-refractivity contribution in [2.24, 2.45) is 22.0 Å². The van der Waals surface area contributed by atoms with Crippen molar-refractivity contribution in [2.45, 2.75) is 110 Å². The van der Waals surface area contributed by atoms with Crippen molar-refractivity contribution in [3.63, 3.8) is 0 Å². The topological polar surface area (TPSA) is 224 Å². The van der Waals surface area contributed by atoms with Gasteiger partial charge in [-0.05, 0) is 50.7 Å². The van der Waals surface area contributed by atoms with E-state index in [0.29, 0.717) is 114 Å². The Morgan fingerprint density at radius 1 is 0.700 bits per heavy atom. The van der Waals surface area contributed by atoms with Gasteiger partial charge in [0.2, 0.25) is 23.6 Å². The highest BCUT2D eigenvalue weighted by atomic mass is 32.2. The van der Waals surface area contributed by atoms with Crippen molar-refractivity contribution in [2.75, 3.05) is 111 Å². The Hall–Kier alpha value is -1.71. The Balaban J connectivity index is 5.49. The number of amides is 4. The van der Waals surface area contributed by atoms with Crippen LogP contribution < -0.4 is 27.0 Å². The number of quaternary nitrogens is 1. The van der Waals surface area contributed by atoms with E-state index >= 15 is 0 Å². The number of carbonyl (C=O) groups excluding carboxylic acids is 4. The highest BCUT2D eigenvalue weighted by Crippen LogP contribution is 2.44. The normalized spacial score (nSPS) is 14.8. The number of nitrogens with one attached hydrogen (secondary N) is 4. The Morgan fingerprint density at radius 3 is 1.83 bits per heavy atom. The first-order chi connectivity index (χ1) is 28.1. The van der Waals surface area contributed by atoms with Gasteiger partial charge in [-0.1, -0.05) is 41.0 Å². The number of nitrogens with two attached hydrogens (primary N) is 1. The lowest BCUT2D eigenvalue weighted by molar-refractivity contribution is -0.890. The minimum atomic E-state index is -4.04. The molecule has 0 rings (SSSR count). The molecule has 7 N–H and O–H groups in total. The summed E-state index contributed by atoms with van der Waals surface area (Å²) in [6, 6.07) is 0. The van der Waals surface area contributed by atoms with Gasteiger partial charge in [0.15, 0.2) is 0 Å². The molecule has 354 valence electrons. The maximum atomic E-state index is 14.2. The molecule has 19 heteroatoms. The van der Waals surface area contributed by atoms with E-state index in [1.807, 2.05) is 34.9 Å². The van der Waals surface area contributed by atoms with Crippen LogP contribution >= 0.6 is 25.3 Å². The molecule has 4 amide bonds. The molecular formula is C41H83N6O10S3+. The standard InChI is InChI=1S/C41H82N6O10S3/c1-8-40(4,37(50)46-21-25-56-27-29-57-28-26-55-24-17-42)33-41(5,38(51)45-20-12-22-47(6,7)23-13-31-60(52,53)54)32-39(2,3)36(49)44-19-11-18-43-35(48)15-10-9-14-34(59)16-30-58/h34H,8-33,42H2,1-7H3,(H6-,43,44,45,46,48,49,50,51,52,53,54,58,59)/p+1. The fourth-order valence-corrected chi connectivity index (χ4v) is 8.42. The number of hydrogen-bond acceptors (Lipinski definition) is 12. The van der Waals surface area contributed by atoms with Crippen LogP contribution in [0.3, 0.4) is 0 Å². The number of hydrogen-bond donors (Lipinski definition) is 8. The fraction of sp³-hybridized carbons (Fsp3) is 0.902. The third-order valence-electron chi connectivity index (χ3n) is 10.6. The molecule has 0 saturated carbocycles. The lowest BCUT2D eigenvalue weighted by Crippen LogP contribution is -2.51. The molecule has 0 fully saturated rings. The molecule has 0 bridgehead atoms. The molecule has 0 spiro atoms. The SMILES string of the molecule is CCC(C)(CC(C)(CC(C)(C)C(=O)NCCCNC(=O)CCCCC(S)CCS)C(=O)NCCC[N+](C)(C)CCCS(=O)(=O)O)C(=O)NCCOCCOCCOCCN. The monoisotopic (exact) mass is 916 g/mol. The third-order valence-corrected chi connectivity index (χ3v) is 12.2. The molecule has 60 heavy (non-hydrogen) atoms. The van der Waals surface area contributed by atoms with Gasteiger partial charge in [0.25, 0.3) is 10.1 Å². The van der Waals surface area contributed by atoms with E-state index in [1.165, 1.54) is 0 Å². The van der Waals surface area contributed by atoms with E-state index in [9.17, 15) is 27.6 Å². The van der Waals surface area contributed by atoms with Crippen LogP contribution in [0, 0.1) is 16.2 Å². The minimum absolute atomic E-state index is 0.0191. The van der Waals surface area contributed by atoms with Crippen LogP contribution in [-0.4, -0.2) is 157 Å². The van der Waals surface area contributed by atoms with Crippen molar-refractivity contribution in [1.82, 2.24) is 21.3 Å². The van der Waals surface area contributed by atoms with E-state index in [4.69, 9.17) is 24.5 Å². The molecule has 0 aromatic rings. The number of ether oxygens (including phenoxy) is 3. The van der Waals surface area contributed by atoms with Gasteiger partial charge in [0.05, 0.1) is 72.6 Å². The van der Waals surface area contributed by atoms with E-state index in [0.717, 1.165) is 31.4 Å². The molecular weight excluding hydrogens is 833 g/mol. The predicted octanol–water partition coefficient (Wildman–Crippen LogP) is 3.00. The molecule has 0 aliphatic heterocycles. The zero-order valence-corrected chi connectivity index (χ0v) is 40.5. The Labute approximate surface area is 373 Å². The molecule has 3 unspecified atom stereocenters. The lowest BCUT2D eigenvalue weighted by atomic mass is 9.64. The zero-order chi connectivity index (χ0) is 45.7. The number of thiol groups is 2.